The number of hydrogen-bond donors (Lipinski definition) is 2. The van der Waals surface area contributed by atoms with E-state index in [1.54, 1.807) is 37.3 Å². The zero-order chi connectivity index (χ0) is 20.6. The first-order valence-corrected chi connectivity index (χ1v) is 9.09. The quantitative estimate of drug-likeness (QED) is 0.613. The fourth-order valence-corrected chi connectivity index (χ4v) is 2.69. The molecule has 1 atom stereocenters. The van der Waals surface area contributed by atoms with E-state index in [4.69, 9.17) is 10.00 Å². The number of ether oxygens (including phenoxy) is 1. The maximum Gasteiger partial charge on any atom is 0.246 e. The highest BCUT2D eigenvalue weighted by Gasteiger charge is 2.14. The molecule has 6 heteroatoms. The van der Waals surface area contributed by atoms with Crippen LogP contribution in [0.3, 0.4) is 0 Å². The molecule has 0 heterocycles. The average Bonchev–Trinajstić information content (AvgIpc) is 2.74. The van der Waals surface area contributed by atoms with Crippen LogP contribution in [0, 0.1) is 17.1 Å². The molecule has 0 aromatic heterocycles. The van der Waals surface area contributed by atoms with Crippen LogP contribution in [-0.4, -0.2) is 11.9 Å². The van der Waals surface area contributed by atoms with Crippen molar-refractivity contribution in [1.29, 1.82) is 5.26 Å². The fraction of sp³-hybridized carbons (Fsp3) is 0.130. The molecule has 3 rings (SSSR count). The molecular formula is C23H20FN3O2. The van der Waals surface area contributed by atoms with Crippen LogP contribution in [0.4, 0.5) is 15.8 Å². The first kappa shape index (κ1) is 19.9. The van der Waals surface area contributed by atoms with Crippen LogP contribution in [0.1, 0.15) is 18.1 Å². The third-order valence-corrected chi connectivity index (χ3v) is 4.20. The number of nitriles is 1. The van der Waals surface area contributed by atoms with E-state index in [-0.39, 0.29) is 11.6 Å². The van der Waals surface area contributed by atoms with E-state index in [0.29, 0.717) is 23.6 Å². The van der Waals surface area contributed by atoms with Gasteiger partial charge < -0.3 is 15.4 Å². The number of hydrogen-bond acceptors (Lipinski definition) is 4. The van der Waals surface area contributed by atoms with Crippen molar-refractivity contribution in [2.24, 2.45) is 0 Å². The topological polar surface area (TPSA) is 74.1 Å². The third-order valence-electron chi connectivity index (χ3n) is 4.20. The Morgan fingerprint density at radius 3 is 2.69 bits per heavy atom. The summed E-state index contributed by atoms with van der Waals surface area (Å²) in [5, 5.41) is 14.6. The molecule has 0 bridgehead atoms. The van der Waals surface area contributed by atoms with Crippen LogP contribution < -0.4 is 15.4 Å². The zero-order valence-electron chi connectivity index (χ0n) is 15.9. The largest absolute Gasteiger partial charge is 0.489 e. The summed E-state index contributed by atoms with van der Waals surface area (Å²) in [6.07, 6.45) is 0. The van der Waals surface area contributed by atoms with Crippen molar-refractivity contribution >= 4 is 17.3 Å². The van der Waals surface area contributed by atoms with Gasteiger partial charge in [-0.15, -0.1) is 0 Å². The maximum atomic E-state index is 13.7. The molecule has 0 aliphatic carbocycles. The van der Waals surface area contributed by atoms with Crippen molar-refractivity contribution in [3.05, 3.63) is 89.7 Å². The SMILES string of the molecule is CC(Nc1cccc(OCc2cccc(C#N)c2)c1)C(=O)Nc1ccccc1F. The third kappa shape index (κ3) is 5.56. The van der Waals surface area contributed by atoms with Crippen molar-refractivity contribution in [3.63, 3.8) is 0 Å². The Morgan fingerprint density at radius 2 is 1.90 bits per heavy atom. The second-order valence-electron chi connectivity index (χ2n) is 6.46. The van der Waals surface area contributed by atoms with Crippen LogP contribution in [0.2, 0.25) is 0 Å². The molecule has 0 aliphatic rings. The zero-order valence-corrected chi connectivity index (χ0v) is 15.9. The number of carbonyl (C=O) groups excluding carboxylic acids is 1. The molecule has 0 aliphatic heterocycles. The molecule has 5 nitrogen and oxygen atoms in total. The minimum Gasteiger partial charge on any atom is -0.489 e. The minimum atomic E-state index is -0.586. The Morgan fingerprint density at radius 1 is 1.10 bits per heavy atom. The normalized spacial score (nSPS) is 11.2. The summed E-state index contributed by atoms with van der Waals surface area (Å²) in [5.41, 5.74) is 2.31. The molecule has 1 amide bonds. The van der Waals surface area contributed by atoms with Gasteiger partial charge in [-0.05, 0) is 48.9 Å². The summed E-state index contributed by atoms with van der Waals surface area (Å²) in [4.78, 5) is 12.3. The number of para-hydroxylation sites is 1. The molecule has 2 N–H and O–H groups in total. The molecule has 1 unspecified atom stereocenters. The second kappa shape index (κ2) is 9.38. The maximum absolute atomic E-state index is 13.7. The van der Waals surface area contributed by atoms with E-state index in [1.807, 2.05) is 30.3 Å². The van der Waals surface area contributed by atoms with E-state index >= 15 is 0 Å². The highest BCUT2D eigenvalue weighted by atomic mass is 19.1. The molecule has 3 aromatic rings. The van der Waals surface area contributed by atoms with Gasteiger partial charge in [-0.1, -0.05) is 30.3 Å². The van der Waals surface area contributed by atoms with Gasteiger partial charge in [0.2, 0.25) is 5.91 Å². The Hall–Kier alpha value is -3.85. The lowest BCUT2D eigenvalue weighted by molar-refractivity contribution is -0.116. The van der Waals surface area contributed by atoms with Gasteiger partial charge in [-0.3, -0.25) is 4.79 Å². The fourth-order valence-electron chi connectivity index (χ4n) is 2.69. The van der Waals surface area contributed by atoms with Gasteiger partial charge >= 0.3 is 0 Å². The Bertz CT molecular complexity index is 1050. The number of benzene rings is 3. The molecule has 3 aromatic carbocycles. The highest BCUT2D eigenvalue weighted by Crippen LogP contribution is 2.20. The van der Waals surface area contributed by atoms with Crippen molar-refractivity contribution in [2.45, 2.75) is 19.6 Å². The minimum absolute atomic E-state index is 0.142. The lowest BCUT2D eigenvalue weighted by Gasteiger charge is -2.16. The summed E-state index contributed by atoms with van der Waals surface area (Å²) in [7, 11) is 0. The van der Waals surface area contributed by atoms with Crippen LogP contribution >= 0.6 is 0 Å². The van der Waals surface area contributed by atoms with Crippen molar-refractivity contribution in [3.8, 4) is 11.8 Å². The van der Waals surface area contributed by atoms with E-state index in [1.165, 1.54) is 12.1 Å². The van der Waals surface area contributed by atoms with E-state index in [2.05, 4.69) is 16.7 Å². The molecule has 0 saturated heterocycles. The summed E-state index contributed by atoms with van der Waals surface area (Å²) in [6, 6.07) is 22.0. The summed E-state index contributed by atoms with van der Waals surface area (Å²) in [5.74, 6) is -0.210. The molecule has 29 heavy (non-hydrogen) atoms. The summed E-state index contributed by atoms with van der Waals surface area (Å²) in [6.45, 7) is 2.01. The lowest BCUT2D eigenvalue weighted by Crippen LogP contribution is -2.32. The van der Waals surface area contributed by atoms with Gasteiger partial charge in [0.15, 0.2) is 0 Å². The predicted molar refractivity (Wildman–Crippen MR) is 110 cm³/mol. The predicted octanol–water partition coefficient (Wildman–Crippen LogP) is 4.72. The van der Waals surface area contributed by atoms with Crippen LogP contribution in [0.15, 0.2) is 72.8 Å². The molecule has 0 spiro atoms. The number of anilines is 2. The smallest absolute Gasteiger partial charge is 0.246 e. The van der Waals surface area contributed by atoms with E-state index in [9.17, 15) is 9.18 Å². The van der Waals surface area contributed by atoms with Crippen LogP contribution in [-0.2, 0) is 11.4 Å². The summed E-state index contributed by atoms with van der Waals surface area (Å²) >= 11 is 0. The summed E-state index contributed by atoms with van der Waals surface area (Å²) < 4.78 is 19.5. The number of amides is 1. The van der Waals surface area contributed by atoms with Crippen LogP contribution in [0.25, 0.3) is 0 Å². The lowest BCUT2D eigenvalue weighted by atomic mass is 10.1. The molecule has 146 valence electrons. The van der Waals surface area contributed by atoms with Gasteiger partial charge in [0.1, 0.15) is 24.2 Å². The molecule has 0 saturated carbocycles. The Balaban J connectivity index is 1.59. The first-order chi connectivity index (χ1) is 14.0. The number of nitrogens with one attached hydrogen (secondary N) is 2. The molecule has 0 fully saturated rings. The number of halogens is 1. The van der Waals surface area contributed by atoms with Crippen LogP contribution in [0.5, 0.6) is 5.75 Å². The highest BCUT2D eigenvalue weighted by molar-refractivity contribution is 5.96. The monoisotopic (exact) mass is 389 g/mol. The van der Waals surface area contributed by atoms with Gasteiger partial charge in [0.05, 0.1) is 17.3 Å². The van der Waals surface area contributed by atoms with Gasteiger partial charge in [-0.2, -0.15) is 5.26 Å². The van der Waals surface area contributed by atoms with Gasteiger partial charge in [-0.25, -0.2) is 4.39 Å². The molecule has 0 radical (unpaired) electrons. The first-order valence-electron chi connectivity index (χ1n) is 9.09. The standard InChI is InChI=1S/C23H20FN3O2/c1-16(23(28)27-22-11-3-2-10-21(22)24)26-19-8-5-9-20(13-19)29-15-18-7-4-6-17(12-18)14-25/h2-13,16,26H,15H2,1H3,(H,27,28). The number of carbonyl (C=O) groups is 1. The average molecular weight is 389 g/mol. The Labute approximate surface area is 168 Å². The Kier molecular flexibility index (Phi) is 6.43. The van der Waals surface area contributed by atoms with Crippen molar-refractivity contribution < 1.29 is 13.9 Å². The second-order valence-corrected chi connectivity index (χ2v) is 6.46. The van der Waals surface area contributed by atoms with E-state index in [0.717, 1.165) is 5.56 Å². The van der Waals surface area contributed by atoms with Crippen molar-refractivity contribution in [2.75, 3.05) is 10.6 Å². The van der Waals surface area contributed by atoms with Gasteiger partial charge in [0.25, 0.3) is 0 Å². The van der Waals surface area contributed by atoms with Gasteiger partial charge in [0, 0.05) is 11.8 Å². The molecular weight excluding hydrogens is 369 g/mol. The number of rotatable bonds is 7. The van der Waals surface area contributed by atoms with Crippen molar-refractivity contribution in [1.82, 2.24) is 0 Å². The number of nitrogens with zero attached hydrogens (tertiary/aromatic N) is 1. The van der Waals surface area contributed by atoms with E-state index < -0.39 is 11.9 Å².